The SMILES string of the molecule is CC(=O)Nc1ccc(C(=O)N2CCN(c3ccccc3)C(=O)C2)cc1. The molecule has 6 nitrogen and oxygen atoms in total. The molecule has 1 aliphatic rings. The average molecular weight is 337 g/mol. The second kappa shape index (κ2) is 7.17. The number of nitrogens with zero attached hydrogens (tertiary/aromatic N) is 2. The highest BCUT2D eigenvalue weighted by Crippen LogP contribution is 2.18. The van der Waals surface area contributed by atoms with E-state index >= 15 is 0 Å². The summed E-state index contributed by atoms with van der Waals surface area (Å²) in [5, 5.41) is 2.66. The molecular weight excluding hydrogens is 318 g/mol. The first-order valence-corrected chi connectivity index (χ1v) is 8.07. The molecule has 0 aromatic heterocycles. The molecular formula is C19H19N3O3. The number of rotatable bonds is 3. The lowest BCUT2D eigenvalue weighted by molar-refractivity contribution is -0.120. The van der Waals surface area contributed by atoms with Gasteiger partial charge in [-0.1, -0.05) is 18.2 Å². The van der Waals surface area contributed by atoms with Crippen molar-refractivity contribution < 1.29 is 14.4 Å². The molecule has 3 rings (SSSR count). The first-order valence-electron chi connectivity index (χ1n) is 8.07. The van der Waals surface area contributed by atoms with Crippen LogP contribution >= 0.6 is 0 Å². The van der Waals surface area contributed by atoms with Gasteiger partial charge in [0.2, 0.25) is 11.8 Å². The predicted molar refractivity (Wildman–Crippen MR) is 95.4 cm³/mol. The second-order valence-corrected chi connectivity index (χ2v) is 5.87. The summed E-state index contributed by atoms with van der Waals surface area (Å²) in [4.78, 5) is 39.3. The van der Waals surface area contributed by atoms with Gasteiger partial charge in [-0.15, -0.1) is 0 Å². The van der Waals surface area contributed by atoms with Crippen LogP contribution in [0.1, 0.15) is 17.3 Å². The molecule has 3 amide bonds. The number of para-hydroxylation sites is 1. The Morgan fingerprint density at radius 2 is 1.64 bits per heavy atom. The third-order valence-corrected chi connectivity index (χ3v) is 4.03. The number of hydrogen-bond donors (Lipinski definition) is 1. The Morgan fingerprint density at radius 3 is 2.24 bits per heavy atom. The van der Waals surface area contributed by atoms with Crippen LogP contribution in [-0.4, -0.2) is 42.3 Å². The number of amides is 3. The smallest absolute Gasteiger partial charge is 0.254 e. The summed E-state index contributed by atoms with van der Waals surface area (Å²) in [7, 11) is 0. The van der Waals surface area contributed by atoms with Crippen molar-refractivity contribution in [2.24, 2.45) is 0 Å². The van der Waals surface area contributed by atoms with Crippen LogP contribution < -0.4 is 10.2 Å². The van der Waals surface area contributed by atoms with E-state index in [0.29, 0.717) is 24.3 Å². The fourth-order valence-corrected chi connectivity index (χ4v) is 2.81. The van der Waals surface area contributed by atoms with Gasteiger partial charge >= 0.3 is 0 Å². The van der Waals surface area contributed by atoms with Crippen LogP contribution in [0.2, 0.25) is 0 Å². The highest BCUT2D eigenvalue weighted by atomic mass is 16.2. The van der Waals surface area contributed by atoms with Gasteiger partial charge in [0.25, 0.3) is 5.91 Å². The third kappa shape index (κ3) is 3.85. The van der Waals surface area contributed by atoms with Crippen LogP contribution in [-0.2, 0) is 9.59 Å². The van der Waals surface area contributed by atoms with Crippen LogP contribution in [0.3, 0.4) is 0 Å². The fraction of sp³-hybridized carbons (Fsp3) is 0.211. The van der Waals surface area contributed by atoms with E-state index in [1.165, 1.54) is 6.92 Å². The summed E-state index contributed by atoms with van der Waals surface area (Å²) < 4.78 is 0. The van der Waals surface area contributed by atoms with Gasteiger partial charge in [-0.3, -0.25) is 14.4 Å². The molecule has 2 aromatic carbocycles. The summed E-state index contributed by atoms with van der Waals surface area (Å²) in [6.45, 7) is 2.43. The Labute approximate surface area is 146 Å². The summed E-state index contributed by atoms with van der Waals surface area (Å²) in [5.74, 6) is -0.446. The van der Waals surface area contributed by atoms with Gasteiger partial charge in [0, 0.05) is 37.0 Å². The van der Waals surface area contributed by atoms with E-state index in [1.54, 1.807) is 34.1 Å². The summed E-state index contributed by atoms with van der Waals surface area (Å²) in [5.41, 5.74) is 1.98. The van der Waals surface area contributed by atoms with E-state index in [-0.39, 0.29) is 24.3 Å². The van der Waals surface area contributed by atoms with Gasteiger partial charge in [-0.05, 0) is 36.4 Å². The number of anilines is 2. The Bertz CT molecular complexity index is 787. The summed E-state index contributed by atoms with van der Waals surface area (Å²) in [6.07, 6.45) is 0. The molecule has 0 saturated carbocycles. The van der Waals surface area contributed by atoms with Crippen molar-refractivity contribution in [1.29, 1.82) is 0 Å². The highest BCUT2D eigenvalue weighted by Gasteiger charge is 2.28. The molecule has 2 aromatic rings. The van der Waals surface area contributed by atoms with Gasteiger partial charge in [0.15, 0.2) is 0 Å². The van der Waals surface area contributed by atoms with Crippen LogP contribution in [0.4, 0.5) is 11.4 Å². The monoisotopic (exact) mass is 337 g/mol. The zero-order chi connectivity index (χ0) is 17.8. The number of nitrogens with one attached hydrogen (secondary N) is 1. The second-order valence-electron chi connectivity index (χ2n) is 5.87. The van der Waals surface area contributed by atoms with E-state index in [2.05, 4.69) is 5.32 Å². The Morgan fingerprint density at radius 1 is 0.960 bits per heavy atom. The van der Waals surface area contributed by atoms with E-state index in [0.717, 1.165) is 5.69 Å². The lowest BCUT2D eigenvalue weighted by Crippen LogP contribution is -2.52. The molecule has 0 unspecified atom stereocenters. The van der Waals surface area contributed by atoms with Gasteiger partial charge < -0.3 is 15.1 Å². The first kappa shape index (κ1) is 16.7. The van der Waals surface area contributed by atoms with Crippen molar-refractivity contribution >= 4 is 29.1 Å². The van der Waals surface area contributed by atoms with E-state index in [9.17, 15) is 14.4 Å². The molecule has 1 aliphatic heterocycles. The maximum atomic E-state index is 12.6. The third-order valence-electron chi connectivity index (χ3n) is 4.03. The molecule has 25 heavy (non-hydrogen) atoms. The van der Waals surface area contributed by atoms with Crippen molar-refractivity contribution in [1.82, 2.24) is 4.90 Å². The molecule has 1 heterocycles. The number of carbonyl (C=O) groups excluding carboxylic acids is 3. The molecule has 6 heteroatoms. The average Bonchev–Trinajstić information content (AvgIpc) is 2.62. The number of benzene rings is 2. The van der Waals surface area contributed by atoms with E-state index in [1.807, 2.05) is 30.3 Å². The highest BCUT2D eigenvalue weighted by molar-refractivity contribution is 6.02. The van der Waals surface area contributed by atoms with Crippen molar-refractivity contribution in [2.45, 2.75) is 6.92 Å². The van der Waals surface area contributed by atoms with Crippen LogP contribution in [0, 0.1) is 0 Å². The molecule has 0 aliphatic carbocycles. The maximum Gasteiger partial charge on any atom is 0.254 e. The lowest BCUT2D eigenvalue weighted by atomic mass is 10.1. The van der Waals surface area contributed by atoms with Crippen molar-refractivity contribution in [3.05, 3.63) is 60.2 Å². The quantitative estimate of drug-likeness (QED) is 0.933. The van der Waals surface area contributed by atoms with Crippen LogP contribution in [0.5, 0.6) is 0 Å². The number of piperazine rings is 1. The minimum atomic E-state index is -0.185. The zero-order valence-corrected chi connectivity index (χ0v) is 13.9. The molecule has 0 spiro atoms. The molecule has 1 N–H and O–H groups in total. The van der Waals surface area contributed by atoms with E-state index in [4.69, 9.17) is 0 Å². The molecule has 128 valence electrons. The molecule has 0 radical (unpaired) electrons. The Kier molecular flexibility index (Phi) is 4.79. The molecule has 0 bridgehead atoms. The topological polar surface area (TPSA) is 69.7 Å². The first-order chi connectivity index (χ1) is 12.0. The normalized spacial score (nSPS) is 14.4. The van der Waals surface area contributed by atoms with Gasteiger partial charge in [0.05, 0.1) is 0 Å². The molecule has 1 fully saturated rings. The van der Waals surface area contributed by atoms with Gasteiger partial charge in [-0.25, -0.2) is 0 Å². The predicted octanol–water partition coefficient (Wildman–Crippen LogP) is 2.13. The van der Waals surface area contributed by atoms with Crippen LogP contribution in [0.25, 0.3) is 0 Å². The standard InChI is InChI=1S/C19H19N3O3/c1-14(23)20-16-9-7-15(8-10-16)19(25)21-11-12-22(18(24)13-21)17-5-3-2-4-6-17/h2-10H,11-13H2,1H3,(H,20,23). The minimum absolute atomic E-state index is 0.0567. The molecule has 1 saturated heterocycles. The van der Waals surface area contributed by atoms with Gasteiger partial charge in [-0.2, -0.15) is 0 Å². The largest absolute Gasteiger partial charge is 0.328 e. The maximum absolute atomic E-state index is 12.6. The lowest BCUT2D eigenvalue weighted by Gasteiger charge is -2.34. The number of hydrogen-bond acceptors (Lipinski definition) is 3. The summed E-state index contributed by atoms with van der Waals surface area (Å²) >= 11 is 0. The number of carbonyl (C=O) groups is 3. The Hall–Kier alpha value is -3.15. The van der Waals surface area contributed by atoms with Crippen molar-refractivity contribution in [3.8, 4) is 0 Å². The van der Waals surface area contributed by atoms with Crippen molar-refractivity contribution in [2.75, 3.05) is 29.9 Å². The van der Waals surface area contributed by atoms with E-state index < -0.39 is 0 Å². The minimum Gasteiger partial charge on any atom is -0.328 e. The van der Waals surface area contributed by atoms with Crippen LogP contribution in [0.15, 0.2) is 54.6 Å². The fourth-order valence-electron chi connectivity index (χ4n) is 2.81. The summed E-state index contributed by atoms with van der Waals surface area (Å²) in [6, 6.07) is 16.1. The Balaban J connectivity index is 1.66. The molecule has 0 atom stereocenters. The van der Waals surface area contributed by atoms with Gasteiger partial charge in [0.1, 0.15) is 6.54 Å². The van der Waals surface area contributed by atoms with Crippen molar-refractivity contribution in [3.63, 3.8) is 0 Å². The zero-order valence-electron chi connectivity index (χ0n) is 13.9.